The summed E-state index contributed by atoms with van der Waals surface area (Å²) in [5.41, 5.74) is 7.83. The summed E-state index contributed by atoms with van der Waals surface area (Å²) in [6.45, 7) is 0.547. The fourth-order valence-corrected chi connectivity index (χ4v) is 2.16. The van der Waals surface area contributed by atoms with Crippen LogP contribution < -0.4 is 10.6 Å². The molecule has 0 aliphatic rings. The molecular weight excluding hydrogens is 278 g/mol. The van der Waals surface area contributed by atoms with E-state index in [-0.39, 0.29) is 0 Å². The highest BCUT2D eigenvalue weighted by Crippen LogP contribution is 2.28. The number of nitrogens with zero attached hydrogens (tertiary/aromatic N) is 2. The van der Waals surface area contributed by atoms with Crippen LogP contribution in [0.15, 0.2) is 47.1 Å². The Hall–Kier alpha value is -1.39. The van der Waals surface area contributed by atoms with Crippen LogP contribution in [0.3, 0.4) is 0 Å². The molecule has 2 rings (SSSR count). The van der Waals surface area contributed by atoms with Crippen molar-refractivity contribution in [1.82, 2.24) is 4.98 Å². The number of benzene rings is 1. The molecule has 0 amide bonds. The van der Waals surface area contributed by atoms with Crippen molar-refractivity contribution in [3.63, 3.8) is 0 Å². The minimum absolute atomic E-state index is 0.547. The topological polar surface area (TPSA) is 42.1 Å². The van der Waals surface area contributed by atoms with Crippen LogP contribution in [0.5, 0.6) is 0 Å². The van der Waals surface area contributed by atoms with E-state index < -0.39 is 0 Å². The SMILES string of the molecule is CN(c1cccc(CN)c1)c1ncccc1Br. The highest BCUT2D eigenvalue weighted by molar-refractivity contribution is 9.10. The first-order valence-electron chi connectivity index (χ1n) is 5.35. The molecule has 0 atom stereocenters. The van der Waals surface area contributed by atoms with Gasteiger partial charge in [0.2, 0.25) is 0 Å². The Bertz CT molecular complexity index is 514. The molecule has 2 N–H and O–H groups in total. The molecule has 17 heavy (non-hydrogen) atoms. The molecule has 3 nitrogen and oxygen atoms in total. The second-order valence-corrected chi connectivity index (χ2v) is 4.60. The number of anilines is 2. The smallest absolute Gasteiger partial charge is 0.147 e. The first-order chi connectivity index (χ1) is 8.22. The Morgan fingerprint density at radius 1 is 1.29 bits per heavy atom. The van der Waals surface area contributed by atoms with Gasteiger partial charge in [0.15, 0.2) is 0 Å². The lowest BCUT2D eigenvalue weighted by Crippen LogP contribution is -2.12. The Morgan fingerprint density at radius 2 is 2.12 bits per heavy atom. The highest BCUT2D eigenvalue weighted by atomic mass is 79.9. The number of aromatic nitrogens is 1. The summed E-state index contributed by atoms with van der Waals surface area (Å²) in [7, 11) is 1.99. The van der Waals surface area contributed by atoms with Crippen molar-refractivity contribution in [2.24, 2.45) is 5.73 Å². The van der Waals surface area contributed by atoms with Crippen molar-refractivity contribution in [2.75, 3.05) is 11.9 Å². The van der Waals surface area contributed by atoms with Crippen LogP contribution in [0.25, 0.3) is 0 Å². The first kappa shape index (κ1) is 12.1. The van der Waals surface area contributed by atoms with Gasteiger partial charge in [0.05, 0.1) is 4.47 Å². The number of pyridine rings is 1. The zero-order chi connectivity index (χ0) is 12.3. The Kier molecular flexibility index (Phi) is 3.76. The molecular formula is C13H14BrN3. The maximum Gasteiger partial charge on any atom is 0.147 e. The van der Waals surface area contributed by atoms with Crippen molar-refractivity contribution in [3.8, 4) is 0 Å². The van der Waals surface area contributed by atoms with Gasteiger partial charge in [0, 0.05) is 25.5 Å². The van der Waals surface area contributed by atoms with Gasteiger partial charge < -0.3 is 10.6 Å². The van der Waals surface area contributed by atoms with Crippen LogP contribution in [0.2, 0.25) is 0 Å². The zero-order valence-corrected chi connectivity index (χ0v) is 11.2. The number of nitrogens with two attached hydrogens (primary N) is 1. The average Bonchev–Trinajstić information content (AvgIpc) is 2.38. The minimum Gasteiger partial charge on any atom is -0.329 e. The molecule has 0 saturated carbocycles. The Morgan fingerprint density at radius 3 is 2.82 bits per heavy atom. The summed E-state index contributed by atoms with van der Waals surface area (Å²) < 4.78 is 0.973. The molecule has 1 heterocycles. The lowest BCUT2D eigenvalue weighted by molar-refractivity contribution is 1.06. The molecule has 0 unspecified atom stereocenters. The molecule has 0 spiro atoms. The standard InChI is InChI=1S/C13H14BrN3/c1-17(13-12(14)6-3-7-16-13)11-5-2-4-10(8-11)9-15/h2-8H,9,15H2,1H3. The van der Waals surface area contributed by atoms with E-state index in [9.17, 15) is 0 Å². The summed E-state index contributed by atoms with van der Waals surface area (Å²) in [4.78, 5) is 6.39. The van der Waals surface area contributed by atoms with E-state index in [2.05, 4.69) is 27.0 Å². The molecule has 0 aliphatic heterocycles. The molecule has 0 fully saturated rings. The van der Waals surface area contributed by atoms with E-state index in [1.54, 1.807) is 6.20 Å². The normalized spacial score (nSPS) is 10.3. The van der Waals surface area contributed by atoms with Crippen LogP contribution >= 0.6 is 15.9 Å². The van der Waals surface area contributed by atoms with Crippen molar-refractivity contribution >= 4 is 27.4 Å². The molecule has 0 aliphatic carbocycles. The van der Waals surface area contributed by atoms with Crippen molar-refractivity contribution in [1.29, 1.82) is 0 Å². The van der Waals surface area contributed by atoms with Crippen LogP contribution in [0.1, 0.15) is 5.56 Å². The second kappa shape index (κ2) is 5.29. The third-order valence-electron chi connectivity index (χ3n) is 2.59. The summed E-state index contributed by atoms with van der Waals surface area (Å²) in [5, 5.41) is 0. The van der Waals surface area contributed by atoms with Crippen molar-refractivity contribution in [3.05, 3.63) is 52.6 Å². The van der Waals surface area contributed by atoms with E-state index in [4.69, 9.17) is 5.73 Å². The summed E-state index contributed by atoms with van der Waals surface area (Å²) in [5.74, 6) is 0.890. The lowest BCUT2D eigenvalue weighted by Gasteiger charge is -2.20. The molecule has 0 radical (unpaired) electrons. The van der Waals surface area contributed by atoms with Crippen molar-refractivity contribution < 1.29 is 0 Å². The van der Waals surface area contributed by atoms with Gasteiger partial charge in [-0.15, -0.1) is 0 Å². The van der Waals surface area contributed by atoms with E-state index in [1.807, 2.05) is 42.3 Å². The van der Waals surface area contributed by atoms with Gasteiger partial charge in [0.25, 0.3) is 0 Å². The molecule has 0 saturated heterocycles. The first-order valence-corrected chi connectivity index (χ1v) is 6.15. The third kappa shape index (κ3) is 2.65. The predicted octanol–water partition coefficient (Wildman–Crippen LogP) is 3.07. The van der Waals surface area contributed by atoms with Crippen LogP contribution in [0.4, 0.5) is 11.5 Å². The van der Waals surface area contributed by atoms with E-state index >= 15 is 0 Å². The van der Waals surface area contributed by atoms with Gasteiger partial charge >= 0.3 is 0 Å². The lowest BCUT2D eigenvalue weighted by atomic mass is 10.2. The molecule has 1 aromatic carbocycles. The second-order valence-electron chi connectivity index (χ2n) is 3.74. The largest absolute Gasteiger partial charge is 0.329 e. The molecule has 88 valence electrons. The number of hydrogen-bond donors (Lipinski definition) is 1. The molecule has 2 aromatic rings. The summed E-state index contributed by atoms with van der Waals surface area (Å²) in [6, 6.07) is 12.0. The number of halogens is 1. The van der Waals surface area contributed by atoms with Crippen molar-refractivity contribution in [2.45, 2.75) is 6.54 Å². The molecule has 4 heteroatoms. The molecule has 1 aromatic heterocycles. The minimum atomic E-state index is 0.547. The van der Waals surface area contributed by atoms with Gasteiger partial charge in [-0.1, -0.05) is 12.1 Å². The fourth-order valence-electron chi connectivity index (χ4n) is 1.64. The van der Waals surface area contributed by atoms with Gasteiger partial charge in [-0.05, 0) is 45.8 Å². The van der Waals surface area contributed by atoms with Gasteiger partial charge in [-0.25, -0.2) is 4.98 Å². The van der Waals surface area contributed by atoms with Crippen LogP contribution in [-0.2, 0) is 6.54 Å². The average molecular weight is 292 g/mol. The Balaban J connectivity index is 2.37. The predicted molar refractivity (Wildman–Crippen MR) is 74.3 cm³/mol. The van der Waals surface area contributed by atoms with E-state index in [1.165, 1.54) is 0 Å². The highest BCUT2D eigenvalue weighted by Gasteiger charge is 2.08. The maximum atomic E-state index is 5.64. The Labute approximate surface area is 109 Å². The van der Waals surface area contributed by atoms with Gasteiger partial charge in [0.1, 0.15) is 5.82 Å². The number of rotatable bonds is 3. The molecule has 0 bridgehead atoms. The fraction of sp³-hybridized carbons (Fsp3) is 0.154. The summed E-state index contributed by atoms with van der Waals surface area (Å²) in [6.07, 6.45) is 1.78. The number of hydrogen-bond acceptors (Lipinski definition) is 3. The van der Waals surface area contributed by atoms with E-state index in [0.29, 0.717) is 6.54 Å². The van der Waals surface area contributed by atoms with Crippen LogP contribution in [-0.4, -0.2) is 12.0 Å². The van der Waals surface area contributed by atoms with E-state index in [0.717, 1.165) is 21.5 Å². The zero-order valence-electron chi connectivity index (χ0n) is 9.60. The summed E-state index contributed by atoms with van der Waals surface area (Å²) >= 11 is 3.50. The monoisotopic (exact) mass is 291 g/mol. The van der Waals surface area contributed by atoms with Gasteiger partial charge in [-0.3, -0.25) is 0 Å². The third-order valence-corrected chi connectivity index (χ3v) is 3.21. The quantitative estimate of drug-likeness (QED) is 0.945. The van der Waals surface area contributed by atoms with Gasteiger partial charge in [-0.2, -0.15) is 0 Å². The maximum absolute atomic E-state index is 5.64. The van der Waals surface area contributed by atoms with Crippen LogP contribution in [0, 0.1) is 0 Å².